The maximum atomic E-state index is 10.9. The molecule has 330 valence electrons. The maximum Gasteiger partial charge on any atom is 0.209 e. The molecular formula is C48H67B4NO5S4. The Morgan fingerprint density at radius 2 is 1.18 bits per heavy atom. The molecule has 4 fully saturated rings. The number of allylic oxidation sites excluding steroid dienone is 10. The van der Waals surface area contributed by atoms with Gasteiger partial charge in [0.1, 0.15) is 6.29 Å². The summed E-state index contributed by atoms with van der Waals surface area (Å²) in [5.74, 6) is 2.81. The van der Waals surface area contributed by atoms with Crippen molar-refractivity contribution in [2.45, 2.75) is 156 Å². The van der Waals surface area contributed by atoms with Crippen LogP contribution in [0.4, 0.5) is 0 Å². The van der Waals surface area contributed by atoms with Gasteiger partial charge in [0, 0.05) is 36.5 Å². The molecule has 14 atom stereocenters. The van der Waals surface area contributed by atoms with Gasteiger partial charge in [0.15, 0.2) is 0 Å². The van der Waals surface area contributed by atoms with E-state index in [0.29, 0.717) is 48.3 Å². The Labute approximate surface area is 401 Å². The molecular weight excluding hydrogens is 842 g/mol. The summed E-state index contributed by atoms with van der Waals surface area (Å²) in [6.45, 7) is 14.2. The smallest absolute Gasteiger partial charge is 0.209 e. The molecule has 0 aliphatic heterocycles. The normalized spacial score (nSPS) is 40.6. The molecule has 0 spiro atoms. The number of fused-ring (bicyclic) bond motifs is 10. The molecule has 0 aromatic carbocycles. The van der Waals surface area contributed by atoms with Gasteiger partial charge in [-0.2, -0.15) is 5.26 Å². The van der Waals surface area contributed by atoms with Crippen LogP contribution < -0.4 is 0 Å². The number of rotatable bonds is 19. The van der Waals surface area contributed by atoms with Gasteiger partial charge in [-0.1, -0.05) is 159 Å². The first kappa shape index (κ1) is 43.7. The van der Waals surface area contributed by atoms with Crippen LogP contribution >= 0.6 is 47.6 Å². The topological polar surface area (TPSA) is 77.8 Å². The third-order valence-electron chi connectivity index (χ3n) is 17.7. The Kier molecular flexibility index (Phi) is 14.5. The van der Waals surface area contributed by atoms with Crippen LogP contribution in [0.2, 0.25) is 0 Å². The van der Waals surface area contributed by atoms with E-state index >= 15 is 0 Å². The van der Waals surface area contributed by atoms with Crippen molar-refractivity contribution in [3.05, 3.63) is 69.9 Å². The first-order valence-corrected chi connectivity index (χ1v) is 26.1. The molecule has 8 aliphatic carbocycles. The third kappa shape index (κ3) is 8.74. The van der Waals surface area contributed by atoms with E-state index in [1.807, 2.05) is 0 Å². The van der Waals surface area contributed by atoms with Gasteiger partial charge in [0.25, 0.3) is 0 Å². The molecule has 0 N–H and O–H groups in total. The summed E-state index contributed by atoms with van der Waals surface area (Å²) in [6, 6.07) is 2.32. The molecule has 62 heavy (non-hydrogen) atoms. The van der Waals surface area contributed by atoms with Crippen molar-refractivity contribution in [1.29, 1.82) is 10.6 Å². The molecule has 14 heteroatoms. The molecule has 0 aromatic heterocycles. The number of hydrogen-bond acceptors (Lipinski definition) is 10. The zero-order valence-corrected chi connectivity index (χ0v) is 40.9. The summed E-state index contributed by atoms with van der Waals surface area (Å²) in [7, 11) is 4.98. The van der Waals surface area contributed by atoms with E-state index in [9.17, 15) is 4.79 Å². The summed E-state index contributed by atoms with van der Waals surface area (Å²) in [5.41, 5.74) is 9.15. The van der Waals surface area contributed by atoms with Crippen LogP contribution in [0.25, 0.3) is 0 Å². The predicted molar refractivity (Wildman–Crippen MR) is 268 cm³/mol. The molecule has 4 radical (unpaired) electrons. The molecule has 0 aromatic rings. The van der Waals surface area contributed by atoms with Crippen molar-refractivity contribution in [2.75, 3.05) is 0 Å². The Morgan fingerprint density at radius 1 is 0.726 bits per heavy atom. The number of nitriles is 1. The molecule has 8 rings (SSSR count). The average molecular weight is 918 g/mol. The molecule has 0 amide bonds. The summed E-state index contributed by atoms with van der Waals surface area (Å²) < 4.78 is 53.7. The van der Waals surface area contributed by atoms with Crippen LogP contribution in [0, 0.1) is 68.5 Å². The van der Waals surface area contributed by atoms with Crippen molar-refractivity contribution >= 4 is 82.2 Å². The van der Waals surface area contributed by atoms with Gasteiger partial charge >= 0.3 is 0 Å². The molecule has 0 bridgehead atoms. The van der Waals surface area contributed by atoms with Crippen LogP contribution in [-0.4, -0.2) is 64.4 Å². The first-order chi connectivity index (χ1) is 31.8. The van der Waals surface area contributed by atoms with Gasteiger partial charge in [-0.05, 0) is 116 Å². The lowest BCUT2D eigenvalue weighted by atomic mass is 9.49. The van der Waals surface area contributed by atoms with Crippen molar-refractivity contribution in [1.82, 2.24) is 0 Å². The highest BCUT2D eigenvalue weighted by Crippen LogP contribution is 2.67. The van der Waals surface area contributed by atoms with Gasteiger partial charge in [-0.15, -0.1) is 0 Å². The highest BCUT2D eigenvalue weighted by molar-refractivity contribution is 8.16. The third-order valence-corrected chi connectivity index (χ3v) is 19.1. The van der Waals surface area contributed by atoms with E-state index in [1.165, 1.54) is 45.9 Å². The molecule has 4 unspecified atom stereocenters. The highest BCUT2D eigenvalue weighted by atomic mass is 32.2. The summed E-state index contributed by atoms with van der Waals surface area (Å²) in [5, 5.41) is 9.07. The minimum absolute atomic E-state index is 0.00878. The van der Waals surface area contributed by atoms with E-state index in [-0.39, 0.29) is 46.1 Å². The minimum Gasteiger partial charge on any atom is -0.324 e. The van der Waals surface area contributed by atoms with E-state index in [1.54, 1.807) is 22.3 Å². The maximum absolute atomic E-state index is 10.9. The van der Waals surface area contributed by atoms with Crippen LogP contribution in [0.5, 0.6) is 0 Å². The predicted octanol–water partition coefficient (Wildman–Crippen LogP) is 11.0. The lowest BCUT2D eigenvalue weighted by molar-refractivity contribution is -0.108. The first-order valence-electron chi connectivity index (χ1n) is 25.2. The van der Waals surface area contributed by atoms with Crippen molar-refractivity contribution in [3.63, 3.8) is 0 Å². The molecule has 4 saturated carbocycles. The molecule has 0 saturated heterocycles. The largest absolute Gasteiger partial charge is 0.324 e. The Bertz CT molecular complexity index is 1990. The van der Waals surface area contributed by atoms with Gasteiger partial charge < -0.3 is 21.5 Å². The quantitative estimate of drug-likeness (QED) is 0.0541. The van der Waals surface area contributed by atoms with E-state index in [2.05, 4.69) is 84.1 Å². The number of hydrogen-bond donors (Lipinski definition) is 0. The second-order valence-electron chi connectivity index (χ2n) is 20.3. The zero-order valence-electron chi connectivity index (χ0n) is 41.6. The number of carbonyl (C=O) groups excluding carboxylic acids is 1. The lowest BCUT2D eigenvalue weighted by Crippen LogP contribution is -2.52. The highest BCUT2D eigenvalue weighted by Gasteiger charge is 2.60. The standard InChI is InChI=1S/C24H33B2NO2S2.C24H34B2O3S2/c2*1-15(5-4-12-27)19-8-9-20-18-7-6-16-13-17(28-30-25)14-22(29-31-26)24(16,3)21(18)10-11-23(19,20)2/h6-8,15,17,20-22,25-26H,4-5,9-11,13-14H2,1-3H3;6-8,12,15,17,20-22,25-26H,4-5,9-11,13-14H2,1-3H3/t2*15-,17+,20?,21?,22-,23+,24-/m00/s1/i2*25T,26T. The van der Waals surface area contributed by atoms with Gasteiger partial charge in [-0.25, -0.2) is 0 Å². The van der Waals surface area contributed by atoms with Crippen molar-refractivity contribution < 1.29 is 21.5 Å². The second-order valence-corrected chi connectivity index (χ2v) is 21.8. The molecule has 6 nitrogen and oxygen atoms in total. The molecule has 0 heterocycles. The Balaban J connectivity index is 0.000000196. The molecule has 8 aliphatic rings. The van der Waals surface area contributed by atoms with Gasteiger partial charge in [0.05, 0.1) is 30.5 Å². The Hall–Kier alpha value is -0.900. The summed E-state index contributed by atoms with van der Waals surface area (Å²) in [4.78, 5) is 10.9. The zero-order chi connectivity index (χ0) is 47.3. The van der Waals surface area contributed by atoms with Gasteiger partial charge in [0.2, 0.25) is 28.4 Å². The van der Waals surface area contributed by atoms with Crippen molar-refractivity contribution in [3.8, 4) is 6.07 Å². The number of carbonyl (C=O) groups is 1. The summed E-state index contributed by atoms with van der Waals surface area (Å²) in [6.07, 6.45) is 28.5. The monoisotopic (exact) mass is 917 g/mol. The van der Waals surface area contributed by atoms with Crippen LogP contribution in [0.15, 0.2) is 69.9 Å². The van der Waals surface area contributed by atoms with Crippen LogP contribution in [-0.2, 0) is 21.5 Å². The van der Waals surface area contributed by atoms with Gasteiger partial charge in [-0.3, -0.25) is 0 Å². The van der Waals surface area contributed by atoms with E-state index in [4.69, 9.17) is 27.3 Å². The Morgan fingerprint density at radius 3 is 1.61 bits per heavy atom. The minimum atomic E-state index is -0.109. The van der Waals surface area contributed by atoms with E-state index in [0.717, 1.165) is 124 Å². The van der Waals surface area contributed by atoms with Crippen molar-refractivity contribution in [2.24, 2.45) is 57.2 Å². The van der Waals surface area contributed by atoms with Crippen LogP contribution in [0.1, 0.15) is 131 Å². The fraction of sp³-hybridized carbons (Fsp3) is 0.708. The summed E-state index contributed by atoms with van der Waals surface area (Å²) >= 11 is 4.40. The SMILES string of the molecule is [3H][B]SO[C@@H]1CC2=CC=C3C(CC[C@]4(C)C([C@@H](C)CCC#N)=CCC34)[C@@]2(C)[C@@H](OS[B][3H])C1.[3H][B]SO[C@@H]1CC2=CC=C3C(CC[C@]4(C)C([C@@H](C)CCC=O)=CCC34)[C@@]2(C)[C@@H](OS[B][3H])C1. The number of nitrogens with zero attached hydrogens (tertiary/aromatic N) is 1. The van der Waals surface area contributed by atoms with Crippen LogP contribution in [0.3, 0.4) is 0 Å². The fourth-order valence-corrected chi connectivity index (χ4v) is 15.8. The second kappa shape index (κ2) is 20.5. The lowest BCUT2D eigenvalue weighted by Gasteiger charge is -2.57. The number of aldehydes is 1. The van der Waals surface area contributed by atoms with E-state index < -0.39 is 0 Å². The average Bonchev–Trinajstić information content (AvgIpc) is 3.87. The fourth-order valence-electron chi connectivity index (χ4n) is 14.4.